The van der Waals surface area contributed by atoms with Crippen molar-refractivity contribution in [2.75, 3.05) is 20.1 Å². The summed E-state index contributed by atoms with van der Waals surface area (Å²) in [4.78, 5) is 27.2. The number of hydrogen-bond donors (Lipinski definition) is 2. The van der Waals surface area contributed by atoms with Crippen molar-refractivity contribution in [3.63, 3.8) is 0 Å². The van der Waals surface area contributed by atoms with E-state index in [2.05, 4.69) is 42.7 Å². The van der Waals surface area contributed by atoms with Crippen LogP contribution in [-0.4, -0.2) is 42.9 Å². The van der Waals surface area contributed by atoms with Crippen LogP contribution in [0.1, 0.15) is 57.2 Å². The predicted molar refractivity (Wildman–Crippen MR) is 105 cm³/mol. The lowest BCUT2D eigenvalue weighted by Gasteiger charge is -2.37. The second-order valence-corrected chi connectivity index (χ2v) is 8.59. The molecule has 2 amide bonds. The smallest absolute Gasteiger partial charge is 0.246 e. The Bertz CT molecular complexity index is 662. The molecule has 0 bridgehead atoms. The summed E-state index contributed by atoms with van der Waals surface area (Å²) >= 11 is 0. The Labute approximate surface area is 157 Å². The lowest BCUT2D eigenvalue weighted by atomic mass is 9.85. The van der Waals surface area contributed by atoms with Crippen molar-refractivity contribution in [1.29, 1.82) is 0 Å². The van der Waals surface area contributed by atoms with Crippen LogP contribution in [0.25, 0.3) is 0 Å². The Balaban J connectivity index is 2.19. The summed E-state index contributed by atoms with van der Waals surface area (Å²) in [7, 11) is 1.72. The highest BCUT2D eigenvalue weighted by Gasteiger charge is 2.36. The zero-order valence-corrected chi connectivity index (χ0v) is 17.0. The van der Waals surface area contributed by atoms with Gasteiger partial charge in [0, 0.05) is 13.1 Å². The third kappa shape index (κ3) is 4.85. The number of fused-ring (bicyclic) bond motifs is 1. The van der Waals surface area contributed by atoms with Gasteiger partial charge in [-0.05, 0) is 41.5 Å². The molecular formula is C21H33N3O2. The Hall–Kier alpha value is -1.88. The molecule has 5 nitrogen and oxygen atoms in total. The van der Waals surface area contributed by atoms with Gasteiger partial charge in [0.15, 0.2) is 0 Å². The van der Waals surface area contributed by atoms with Gasteiger partial charge in [-0.2, -0.15) is 0 Å². The van der Waals surface area contributed by atoms with Crippen LogP contribution >= 0.6 is 0 Å². The summed E-state index contributed by atoms with van der Waals surface area (Å²) in [5.74, 6) is 0.317. The first-order chi connectivity index (χ1) is 12.1. The zero-order valence-electron chi connectivity index (χ0n) is 17.0. The molecule has 0 aliphatic carbocycles. The molecule has 1 unspecified atom stereocenters. The molecule has 0 saturated heterocycles. The molecule has 0 saturated carbocycles. The van der Waals surface area contributed by atoms with E-state index < -0.39 is 6.04 Å². The minimum atomic E-state index is -0.529. The second kappa shape index (κ2) is 8.21. The van der Waals surface area contributed by atoms with Crippen molar-refractivity contribution in [1.82, 2.24) is 15.5 Å². The fourth-order valence-corrected chi connectivity index (χ4v) is 3.33. The van der Waals surface area contributed by atoms with Crippen LogP contribution in [0.4, 0.5) is 0 Å². The van der Waals surface area contributed by atoms with E-state index in [0.29, 0.717) is 19.0 Å². The maximum atomic E-state index is 13.2. The van der Waals surface area contributed by atoms with Gasteiger partial charge in [0.2, 0.25) is 11.8 Å². The largest absolute Gasteiger partial charge is 0.343 e. The summed E-state index contributed by atoms with van der Waals surface area (Å²) in [6.45, 7) is 11.9. The van der Waals surface area contributed by atoms with E-state index in [9.17, 15) is 9.59 Å². The highest BCUT2D eigenvalue weighted by Crippen LogP contribution is 2.27. The van der Waals surface area contributed by atoms with Gasteiger partial charge < -0.3 is 15.5 Å². The highest BCUT2D eigenvalue weighted by molar-refractivity contribution is 5.89. The first-order valence-corrected chi connectivity index (χ1v) is 9.48. The topological polar surface area (TPSA) is 61.4 Å². The standard InChI is InChI=1S/C21H33N3O2/c1-14(2)16-8-7-15-9-10-24(13-17(15)11-16)20(26)19(21(3,4)5)23-18(25)12-22-6/h7-8,11,14,19,22H,9-10,12-13H2,1-6H3,(H,23,25). The SMILES string of the molecule is CNCC(=O)NC(C(=O)N1CCc2ccc(C(C)C)cc2C1)C(C)(C)C. The number of carbonyl (C=O) groups excluding carboxylic acids is 2. The van der Waals surface area contributed by atoms with Gasteiger partial charge in [0.05, 0.1) is 6.54 Å². The molecule has 0 fully saturated rings. The van der Waals surface area contributed by atoms with Gasteiger partial charge in [0.1, 0.15) is 6.04 Å². The molecule has 5 heteroatoms. The van der Waals surface area contributed by atoms with E-state index in [0.717, 1.165) is 6.42 Å². The van der Waals surface area contributed by atoms with Crippen LogP contribution < -0.4 is 10.6 Å². The summed E-state index contributed by atoms with van der Waals surface area (Å²) in [6, 6.07) is 6.09. The first-order valence-electron chi connectivity index (χ1n) is 9.48. The van der Waals surface area contributed by atoms with Gasteiger partial charge in [-0.3, -0.25) is 9.59 Å². The lowest BCUT2D eigenvalue weighted by Crippen LogP contribution is -2.56. The summed E-state index contributed by atoms with van der Waals surface area (Å²) in [5, 5.41) is 5.75. The van der Waals surface area contributed by atoms with Gasteiger partial charge >= 0.3 is 0 Å². The Morgan fingerprint density at radius 2 is 1.88 bits per heavy atom. The van der Waals surface area contributed by atoms with Crippen LogP contribution in [-0.2, 0) is 22.6 Å². The molecule has 1 aliphatic heterocycles. The Morgan fingerprint density at radius 1 is 1.19 bits per heavy atom. The molecule has 1 aromatic carbocycles. The minimum Gasteiger partial charge on any atom is -0.343 e. The van der Waals surface area contributed by atoms with Gasteiger partial charge in [-0.15, -0.1) is 0 Å². The molecule has 144 valence electrons. The molecule has 0 aromatic heterocycles. The maximum Gasteiger partial charge on any atom is 0.246 e. The second-order valence-electron chi connectivity index (χ2n) is 8.59. The fraction of sp³-hybridized carbons (Fsp3) is 0.619. The molecule has 2 rings (SSSR count). The summed E-state index contributed by atoms with van der Waals surface area (Å²) in [5.41, 5.74) is 3.50. The third-order valence-corrected chi connectivity index (χ3v) is 4.98. The monoisotopic (exact) mass is 359 g/mol. The van der Waals surface area contributed by atoms with E-state index in [1.54, 1.807) is 7.05 Å². The Morgan fingerprint density at radius 3 is 2.46 bits per heavy atom. The molecule has 0 radical (unpaired) electrons. The van der Waals surface area contributed by atoms with Crippen molar-refractivity contribution in [3.8, 4) is 0 Å². The number of nitrogens with zero attached hydrogens (tertiary/aromatic N) is 1. The molecule has 1 aliphatic rings. The van der Waals surface area contributed by atoms with Crippen molar-refractivity contribution < 1.29 is 9.59 Å². The number of likely N-dealkylation sites (N-methyl/N-ethyl adjacent to an activating group) is 1. The zero-order chi connectivity index (χ0) is 19.5. The van der Waals surface area contributed by atoms with Crippen LogP contribution in [0.5, 0.6) is 0 Å². The highest BCUT2D eigenvalue weighted by atomic mass is 16.2. The van der Waals surface area contributed by atoms with Crippen molar-refractivity contribution in [3.05, 3.63) is 34.9 Å². The Kier molecular flexibility index (Phi) is 6.45. The van der Waals surface area contributed by atoms with Crippen LogP contribution in [0, 0.1) is 5.41 Å². The van der Waals surface area contributed by atoms with Crippen LogP contribution in [0.3, 0.4) is 0 Å². The maximum absolute atomic E-state index is 13.2. The number of hydrogen-bond acceptors (Lipinski definition) is 3. The fourth-order valence-electron chi connectivity index (χ4n) is 3.33. The van der Waals surface area contributed by atoms with Crippen molar-refractivity contribution in [2.45, 2.75) is 59.5 Å². The van der Waals surface area contributed by atoms with Crippen molar-refractivity contribution >= 4 is 11.8 Å². The summed E-state index contributed by atoms with van der Waals surface area (Å²) in [6.07, 6.45) is 0.862. The van der Waals surface area contributed by atoms with Crippen LogP contribution in [0.15, 0.2) is 18.2 Å². The number of rotatable bonds is 5. The van der Waals surface area contributed by atoms with Gasteiger partial charge in [0.25, 0.3) is 0 Å². The molecule has 2 N–H and O–H groups in total. The molecule has 1 heterocycles. The van der Waals surface area contributed by atoms with E-state index in [4.69, 9.17) is 0 Å². The molecule has 0 spiro atoms. The molecule has 1 aromatic rings. The van der Waals surface area contributed by atoms with Gasteiger partial charge in [-0.25, -0.2) is 0 Å². The quantitative estimate of drug-likeness (QED) is 0.849. The number of benzene rings is 1. The average molecular weight is 360 g/mol. The molecule has 26 heavy (non-hydrogen) atoms. The first kappa shape index (κ1) is 20.4. The number of carbonyl (C=O) groups is 2. The summed E-state index contributed by atoms with van der Waals surface area (Å²) < 4.78 is 0. The minimum absolute atomic E-state index is 0.00236. The third-order valence-electron chi connectivity index (χ3n) is 4.98. The van der Waals surface area contributed by atoms with Crippen molar-refractivity contribution in [2.24, 2.45) is 5.41 Å². The molecule has 1 atom stereocenters. The average Bonchev–Trinajstić information content (AvgIpc) is 2.57. The number of nitrogens with one attached hydrogen (secondary N) is 2. The lowest BCUT2D eigenvalue weighted by molar-refractivity contribution is -0.140. The van der Waals surface area contributed by atoms with E-state index in [-0.39, 0.29) is 23.8 Å². The van der Waals surface area contributed by atoms with Gasteiger partial charge in [-0.1, -0.05) is 52.8 Å². The predicted octanol–water partition coefficient (Wildman–Crippen LogP) is 2.45. The van der Waals surface area contributed by atoms with E-state index in [1.165, 1.54) is 16.7 Å². The molecular weight excluding hydrogens is 326 g/mol. The van der Waals surface area contributed by atoms with E-state index >= 15 is 0 Å². The normalized spacial score (nSPS) is 15.6. The van der Waals surface area contributed by atoms with E-state index in [1.807, 2.05) is 25.7 Å². The van der Waals surface area contributed by atoms with Crippen LogP contribution in [0.2, 0.25) is 0 Å². The number of amides is 2.